The lowest BCUT2D eigenvalue weighted by Gasteiger charge is -2.22. The van der Waals surface area contributed by atoms with Crippen molar-refractivity contribution in [3.63, 3.8) is 0 Å². The Hall–Kier alpha value is -2.82. The highest BCUT2D eigenvalue weighted by molar-refractivity contribution is 7.92. The molecule has 0 fully saturated rings. The van der Waals surface area contributed by atoms with Crippen molar-refractivity contribution in [3.8, 4) is 11.5 Å². The quantitative estimate of drug-likeness (QED) is 0.791. The van der Waals surface area contributed by atoms with Crippen molar-refractivity contribution >= 4 is 27.6 Å². The van der Waals surface area contributed by atoms with Crippen molar-refractivity contribution < 1.29 is 17.9 Å². The van der Waals surface area contributed by atoms with Crippen molar-refractivity contribution in [1.29, 1.82) is 0 Å². The Bertz CT molecular complexity index is 902. The van der Waals surface area contributed by atoms with Crippen molar-refractivity contribution in [3.05, 3.63) is 24.0 Å². The van der Waals surface area contributed by atoms with Gasteiger partial charge in [-0.2, -0.15) is 15.0 Å². The van der Waals surface area contributed by atoms with Crippen LogP contribution in [0, 0.1) is 0 Å². The highest BCUT2D eigenvalue weighted by Crippen LogP contribution is 2.36. The topological polar surface area (TPSA) is 124 Å². The summed E-state index contributed by atoms with van der Waals surface area (Å²) in [5.74, 6) is 1.65. The number of aromatic nitrogens is 3. The van der Waals surface area contributed by atoms with Gasteiger partial charge in [-0.25, -0.2) is 8.42 Å². The average molecular weight is 366 g/mol. The van der Waals surface area contributed by atoms with Crippen LogP contribution in [-0.4, -0.2) is 50.5 Å². The molecule has 11 heteroatoms. The van der Waals surface area contributed by atoms with Crippen LogP contribution in [0.25, 0.3) is 0 Å². The van der Waals surface area contributed by atoms with Gasteiger partial charge in [0.05, 0.1) is 18.5 Å². The lowest BCUT2D eigenvalue weighted by atomic mass is 10.3. The van der Waals surface area contributed by atoms with E-state index in [9.17, 15) is 8.42 Å². The normalized spacial score (nSPS) is 12.9. The molecule has 25 heavy (non-hydrogen) atoms. The number of hydrogen-bond donors (Lipinski definition) is 1. The number of rotatable bonds is 5. The number of benzene rings is 1. The third-order valence-electron chi connectivity index (χ3n) is 3.42. The largest absolute Gasteiger partial charge is 0.454 e. The Morgan fingerprint density at radius 2 is 1.88 bits per heavy atom. The van der Waals surface area contributed by atoms with Gasteiger partial charge in [0, 0.05) is 20.2 Å². The predicted octanol–water partition coefficient (Wildman–Crippen LogP) is 0.215. The second kappa shape index (κ2) is 6.24. The zero-order valence-electron chi connectivity index (χ0n) is 14.0. The highest BCUT2D eigenvalue weighted by Gasteiger charge is 2.23. The molecule has 2 aromatic rings. The van der Waals surface area contributed by atoms with Gasteiger partial charge in [-0.3, -0.25) is 4.31 Å². The van der Waals surface area contributed by atoms with Gasteiger partial charge in [0.1, 0.15) is 0 Å². The molecule has 0 atom stereocenters. The second-order valence-electron chi connectivity index (χ2n) is 5.61. The zero-order valence-corrected chi connectivity index (χ0v) is 14.8. The second-order valence-corrected chi connectivity index (χ2v) is 7.52. The number of sulfonamides is 1. The zero-order chi connectivity index (χ0) is 18.2. The summed E-state index contributed by atoms with van der Waals surface area (Å²) in [6.45, 7) is 0.0138. The SMILES string of the molecule is CN(C)c1nc(N)nc(CN(c2ccc3c(c2)OCO3)S(C)(=O)=O)n1. The fraction of sp³-hybridized carbons (Fsp3) is 0.357. The number of fused-ring (bicyclic) bond motifs is 1. The number of anilines is 3. The molecule has 1 aromatic heterocycles. The Labute approximate surface area is 145 Å². The van der Waals surface area contributed by atoms with Crippen LogP contribution in [0.1, 0.15) is 5.82 Å². The molecule has 0 saturated carbocycles. The lowest BCUT2D eigenvalue weighted by molar-refractivity contribution is 0.174. The first-order chi connectivity index (χ1) is 11.7. The summed E-state index contributed by atoms with van der Waals surface area (Å²) in [4.78, 5) is 13.9. The number of ether oxygens (including phenoxy) is 2. The van der Waals surface area contributed by atoms with E-state index in [0.29, 0.717) is 23.1 Å². The van der Waals surface area contributed by atoms with E-state index in [1.54, 1.807) is 37.2 Å². The van der Waals surface area contributed by atoms with Crippen molar-refractivity contribution in [1.82, 2.24) is 15.0 Å². The number of nitrogen functional groups attached to an aromatic ring is 1. The molecule has 0 radical (unpaired) electrons. The van der Waals surface area contributed by atoms with Crippen LogP contribution in [0.2, 0.25) is 0 Å². The van der Waals surface area contributed by atoms with Crippen LogP contribution in [0.3, 0.4) is 0 Å². The molecule has 2 heterocycles. The Kier molecular flexibility index (Phi) is 4.25. The summed E-state index contributed by atoms with van der Waals surface area (Å²) in [6, 6.07) is 4.88. The molecule has 0 spiro atoms. The van der Waals surface area contributed by atoms with Gasteiger partial charge < -0.3 is 20.1 Å². The van der Waals surface area contributed by atoms with E-state index in [2.05, 4.69) is 15.0 Å². The lowest BCUT2D eigenvalue weighted by Crippen LogP contribution is -2.30. The molecule has 0 aliphatic carbocycles. The third kappa shape index (κ3) is 3.65. The molecule has 1 aliphatic rings. The smallest absolute Gasteiger partial charge is 0.232 e. The summed E-state index contributed by atoms with van der Waals surface area (Å²) in [6.07, 6.45) is 1.11. The summed E-state index contributed by atoms with van der Waals surface area (Å²) in [5, 5.41) is 0. The third-order valence-corrected chi connectivity index (χ3v) is 4.56. The molecule has 0 amide bonds. The number of nitrogens with zero attached hydrogens (tertiary/aromatic N) is 5. The van der Waals surface area contributed by atoms with E-state index in [1.165, 1.54) is 4.31 Å². The van der Waals surface area contributed by atoms with Crippen LogP contribution < -0.4 is 24.4 Å². The van der Waals surface area contributed by atoms with Gasteiger partial charge >= 0.3 is 0 Å². The summed E-state index contributed by atoms with van der Waals surface area (Å²) >= 11 is 0. The van der Waals surface area contributed by atoms with Gasteiger partial charge in [-0.1, -0.05) is 0 Å². The monoisotopic (exact) mass is 366 g/mol. The highest BCUT2D eigenvalue weighted by atomic mass is 32.2. The molecular formula is C14H18N6O4S. The fourth-order valence-electron chi connectivity index (χ4n) is 2.26. The minimum atomic E-state index is -3.60. The van der Waals surface area contributed by atoms with E-state index in [0.717, 1.165) is 6.26 Å². The van der Waals surface area contributed by atoms with Gasteiger partial charge in [-0.15, -0.1) is 0 Å². The first-order valence-electron chi connectivity index (χ1n) is 7.29. The van der Waals surface area contributed by atoms with E-state index in [1.807, 2.05) is 0 Å². The van der Waals surface area contributed by atoms with Gasteiger partial charge in [0.25, 0.3) is 0 Å². The number of nitrogens with two attached hydrogens (primary N) is 1. The molecule has 0 bridgehead atoms. The number of hydrogen-bond acceptors (Lipinski definition) is 9. The summed E-state index contributed by atoms with van der Waals surface area (Å²) in [5.41, 5.74) is 6.12. The van der Waals surface area contributed by atoms with Crippen molar-refractivity contribution in [2.24, 2.45) is 0 Å². The van der Waals surface area contributed by atoms with Crippen LogP contribution in [0.5, 0.6) is 11.5 Å². The molecule has 1 aliphatic heterocycles. The summed E-state index contributed by atoms with van der Waals surface area (Å²) in [7, 11) is -0.0880. The van der Waals surface area contributed by atoms with E-state index in [-0.39, 0.29) is 25.1 Å². The molecule has 3 rings (SSSR count). The molecular weight excluding hydrogens is 348 g/mol. The first-order valence-corrected chi connectivity index (χ1v) is 9.14. The fourth-order valence-corrected chi connectivity index (χ4v) is 3.11. The van der Waals surface area contributed by atoms with E-state index in [4.69, 9.17) is 15.2 Å². The van der Waals surface area contributed by atoms with Gasteiger partial charge in [0.15, 0.2) is 17.3 Å². The average Bonchev–Trinajstić information content (AvgIpc) is 2.98. The van der Waals surface area contributed by atoms with E-state index < -0.39 is 10.0 Å². The van der Waals surface area contributed by atoms with Crippen molar-refractivity contribution in [2.45, 2.75) is 6.54 Å². The molecule has 2 N–H and O–H groups in total. The van der Waals surface area contributed by atoms with Crippen LogP contribution in [-0.2, 0) is 16.6 Å². The predicted molar refractivity (Wildman–Crippen MR) is 92.2 cm³/mol. The Balaban J connectivity index is 1.98. The standard InChI is InChI=1S/C14H18N6O4S/c1-19(2)14-17-12(16-13(15)18-14)7-20(25(3,21)22)9-4-5-10-11(6-9)24-8-23-10/h4-6H,7-8H2,1-3H3,(H2,15,16,17,18). The van der Waals surface area contributed by atoms with Gasteiger partial charge in [-0.05, 0) is 12.1 Å². The van der Waals surface area contributed by atoms with Crippen molar-refractivity contribution in [2.75, 3.05) is 42.1 Å². The maximum absolute atomic E-state index is 12.3. The molecule has 1 aromatic carbocycles. The summed E-state index contributed by atoms with van der Waals surface area (Å²) < 4.78 is 36.3. The Morgan fingerprint density at radius 3 is 2.56 bits per heavy atom. The molecule has 0 saturated heterocycles. The molecule has 10 nitrogen and oxygen atoms in total. The Morgan fingerprint density at radius 1 is 1.16 bits per heavy atom. The van der Waals surface area contributed by atoms with Crippen LogP contribution >= 0.6 is 0 Å². The maximum atomic E-state index is 12.3. The molecule has 0 unspecified atom stereocenters. The van der Waals surface area contributed by atoms with E-state index >= 15 is 0 Å². The maximum Gasteiger partial charge on any atom is 0.232 e. The van der Waals surface area contributed by atoms with Crippen LogP contribution in [0.4, 0.5) is 17.6 Å². The van der Waals surface area contributed by atoms with Crippen LogP contribution in [0.15, 0.2) is 18.2 Å². The minimum Gasteiger partial charge on any atom is -0.454 e. The molecule has 134 valence electrons. The van der Waals surface area contributed by atoms with Gasteiger partial charge in [0.2, 0.25) is 28.7 Å². The first kappa shape index (κ1) is 17.0. The minimum absolute atomic E-state index is 0.0211.